The summed E-state index contributed by atoms with van der Waals surface area (Å²) in [6, 6.07) is 16.9. The third-order valence-electron chi connectivity index (χ3n) is 3.08. The Labute approximate surface area is 139 Å². The fourth-order valence-electron chi connectivity index (χ4n) is 2.01. The molecular formula is C16H12ClN3O2S. The first kappa shape index (κ1) is 15.5. The van der Waals surface area contributed by atoms with E-state index in [1.165, 1.54) is 18.3 Å². The first-order valence-electron chi connectivity index (χ1n) is 6.72. The smallest absolute Gasteiger partial charge is 0.247 e. The van der Waals surface area contributed by atoms with Gasteiger partial charge in [0.1, 0.15) is 0 Å². The lowest BCUT2D eigenvalue weighted by atomic mass is 10.1. The van der Waals surface area contributed by atoms with Crippen molar-refractivity contribution >= 4 is 27.6 Å². The van der Waals surface area contributed by atoms with E-state index < -0.39 is 10.0 Å². The normalized spacial score (nSPS) is 11.2. The molecule has 0 unspecified atom stereocenters. The molecule has 0 amide bonds. The van der Waals surface area contributed by atoms with Crippen molar-refractivity contribution in [2.24, 2.45) is 0 Å². The molecule has 5 nitrogen and oxygen atoms in total. The number of hydrogen-bond acceptors (Lipinski definition) is 4. The van der Waals surface area contributed by atoms with Crippen LogP contribution >= 0.6 is 11.6 Å². The van der Waals surface area contributed by atoms with E-state index in [4.69, 9.17) is 11.6 Å². The molecule has 0 aliphatic carbocycles. The maximum Gasteiger partial charge on any atom is 0.264 e. The predicted octanol–water partition coefficient (Wildman–Crippen LogP) is 3.60. The van der Waals surface area contributed by atoms with Crippen LogP contribution in [-0.4, -0.2) is 18.4 Å². The van der Waals surface area contributed by atoms with Crippen LogP contribution in [0.3, 0.4) is 0 Å². The summed E-state index contributed by atoms with van der Waals surface area (Å²) in [5, 5.41) is 0.531. The lowest BCUT2D eigenvalue weighted by Gasteiger charge is -2.08. The number of nitrogens with one attached hydrogen (secondary N) is 1. The fraction of sp³-hybridized carbons (Fsp3) is 0. The van der Waals surface area contributed by atoms with Crippen LogP contribution in [0.1, 0.15) is 0 Å². The van der Waals surface area contributed by atoms with Gasteiger partial charge in [-0.2, -0.15) is 0 Å². The summed E-state index contributed by atoms with van der Waals surface area (Å²) in [6.07, 6.45) is 1.48. The summed E-state index contributed by atoms with van der Waals surface area (Å²) in [5.41, 5.74) is 1.24. The molecule has 0 radical (unpaired) electrons. The third kappa shape index (κ3) is 3.49. The molecule has 0 bridgehead atoms. The first-order valence-corrected chi connectivity index (χ1v) is 8.58. The van der Waals surface area contributed by atoms with Crippen LogP contribution in [0, 0.1) is 0 Å². The van der Waals surface area contributed by atoms with Crippen LogP contribution in [0.4, 0.5) is 5.95 Å². The average molecular weight is 346 g/mol. The number of sulfonamides is 1. The third-order valence-corrected chi connectivity index (χ3v) is 4.76. The molecule has 0 spiro atoms. The molecular weight excluding hydrogens is 334 g/mol. The number of aromatic nitrogens is 2. The highest BCUT2D eigenvalue weighted by Gasteiger charge is 2.15. The summed E-state index contributed by atoms with van der Waals surface area (Å²) >= 11 is 6.14. The number of nitrogens with zero attached hydrogens (tertiary/aromatic N) is 2. The van der Waals surface area contributed by atoms with Gasteiger partial charge in [0.2, 0.25) is 5.95 Å². The summed E-state index contributed by atoms with van der Waals surface area (Å²) < 4.78 is 27.0. The number of anilines is 1. The van der Waals surface area contributed by atoms with E-state index in [1.807, 2.05) is 12.1 Å². The molecule has 3 aromatic rings. The van der Waals surface area contributed by atoms with Gasteiger partial charge in [-0.05, 0) is 24.3 Å². The number of benzene rings is 2. The van der Waals surface area contributed by atoms with Crippen molar-refractivity contribution in [3.63, 3.8) is 0 Å². The standard InChI is InChI=1S/C16H12ClN3O2S/c17-14-9-5-4-8-13(14)15-10-11-18-16(19-15)20-23(21,22)12-6-2-1-3-7-12/h1-11H,(H,18,19,20). The lowest BCUT2D eigenvalue weighted by Crippen LogP contribution is -2.15. The van der Waals surface area contributed by atoms with Crippen LogP contribution in [0.5, 0.6) is 0 Å². The van der Waals surface area contributed by atoms with Crippen molar-refractivity contribution in [3.05, 3.63) is 71.9 Å². The summed E-state index contributed by atoms with van der Waals surface area (Å²) in [7, 11) is -3.73. The van der Waals surface area contributed by atoms with Crippen LogP contribution in [-0.2, 0) is 10.0 Å². The van der Waals surface area contributed by atoms with Gasteiger partial charge >= 0.3 is 0 Å². The van der Waals surface area contributed by atoms with Crippen molar-refractivity contribution in [2.45, 2.75) is 4.90 Å². The Morgan fingerprint density at radius 3 is 2.35 bits per heavy atom. The van der Waals surface area contributed by atoms with E-state index in [1.54, 1.807) is 36.4 Å². The Hall–Kier alpha value is -2.44. The number of hydrogen-bond donors (Lipinski definition) is 1. The fourth-order valence-corrected chi connectivity index (χ4v) is 3.21. The molecule has 7 heteroatoms. The van der Waals surface area contributed by atoms with Crippen molar-refractivity contribution in [1.29, 1.82) is 0 Å². The highest BCUT2D eigenvalue weighted by Crippen LogP contribution is 2.26. The summed E-state index contributed by atoms with van der Waals surface area (Å²) in [6.45, 7) is 0. The molecule has 2 aromatic carbocycles. The van der Waals surface area contributed by atoms with E-state index in [2.05, 4.69) is 14.7 Å². The molecule has 1 heterocycles. The van der Waals surface area contributed by atoms with Gasteiger partial charge in [0.15, 0.2) is 0 Å². The lowest BCUT2D eigenvalue weighted by molar-refractivity contribution is 0.601. The van der Waals surface area contributed by atoms with Gasteiger partial charge in [-0.1, -0.05) is 48.0 Å². The molecule has 0 aliphatic heterocycles. The number of rotatable bonds is 4. The van der Waals surface area contributed by atoms with Gasteiger partial charge < -0.3 is 0 Å². The SMILES string of the molecule is O=S(=O)(Nc1nccc(-c2ccccc2Cl)n1)c1ccccc1. The highest BCUT2D eigenvalue weighted by molar-refractivity contribution is 7.92. The molecule has 0 fully saturated rings. The zero-order valence-corrected chi connectivity index (χ0v) is 13.4. The Bertz CT molecular complexity index is 931. The van der Waals surface area contributed by atoms with E-state index >= 15 is 0 Å². The molecule has 0 aliphatic rings. The Morgan fingerprint density at radius 2 is 1.61 bits per heavy atom. The van der Waals surface area contributed by atoms with Crippen LogP contribution in [0.2, 0.25) is 5.02 Å². The Morgan fingerprint density at radius 1 is 0.913 bits per heavy atom. The Balaban J connectivity index is 1.94. The van der Waals surface area contributed by atoms with E-state index in [9.17, 15) is 8.42 Å². The van der Waals surface area contributed by atoms with Crippen LogP contribution < -0.4 is 4.72 Å². The minimum Gasteiger partial charge on any atom is -0.247 e. The second-order valence-electron chi connectivity index (χ2n) is 4.66. The van der Waals surface area contributed by atoms with Gasteiger partial charge in [-0.15, -0.1) is 0 Å². The minimum absolute atomic E-state index is 0.00808. The van der Waals surface area contributed by atoms with E-state index in [0.29, 0.717) is 16.3 Å². The van der Waals surface area contributed by atoms with Crippen molar-refractivity contribution in [1.82, 2.24) is 9.97 Å². The van der Waals surface area contributed by atoms with Crippen LogP contribution in [0.25, 0.3) is 11.3 Å². The molecule has 0 atom stereocenters. The topological polar surface area (TPSA) is 72.0 Å². The average Bonchev–Trinajstić information content (AvgIpc) is 2.56. The molecule has 0 saturated carbocycles. The molecule has 1 N–H and O–H groups in total. The summed E-state index contributed by atoms with van der Waals surface area (Å²) in [4.78, 5) is 8.33. The Kier molecular flexibility index (Phi) is 4.27. The maximum atomic E-state index is 12.3. The van der Waals surface area contributed by atoms with Crippen molar-refractivity contribution in [3.8, 4) is 11.3 Å². The second kappa shape index (κ2) is 6.36. The second-order valence-corrected chi connectivity index (χ2v) is 6.75. The summed E-state index contributed by atoms with van der Waals surface area (Å²) in [5.74, 6) is -0.00808. The highest BCUT2D eigenvalue weighted by atomic mass is 35.5. The predicted molar refractivity (Wildman–Crippen MR) is 89.7 cm³/mol. The van der Waals surface area contributed by atoms with Gasteiger partial charge in [0, 0.05) is 16.8 Å². The minimum atomic E-state index is -3.73. The zero-order valence-electron chi connectivity index (χ0n) is 11.8. The monoisotopic (exact) mass is 345 g/mol. The first-order chi connectivity index (χ1) is 11.1. The maximum absolute atomic E-state index is 12.3. The molecule has 3 rings (SSSR count). The van der Waals surface area contributed by atoms with E-state index in [-0.39, 0.29) is 10.8 Å². The molecule has 1 aromatic heterocycles. The van der Waals surface area contributed by atoms with Gasteiger partial charge in [0.25, 0.3) is 10.0 Å². The molecule has 0 saturated heterocycles. The van der Waals surface area contributed by atoms with Gasteiger partial charge in [-0.25, -0.2) is 23.1 Å². The van der Waals surface area contributed by atoms with Crippen LogP contribution in [0.15, 0.2) is 71.8 Å². The van der Waals surface area contributed by atoms with Gasteiger partial charge in [-0.3, -0.25) is 0 Å². The van der Waals surface area contributed by atoms with Gasteiger partial charge in [0.05, 0.1) is 10.6 Å². The molecule has 23 heavy (non-hydrogen) atoms. The van der Waals surface area contributed by atoms with Crippen molar-refractivity contribution in [2.75, 3.05) is 4.72 Å². The largest absolute Gasteiger partial charge is 0.264 e. The number of halogens is 1. The quantitative estimate of drug-likeness (QED) is 0.784. The zero-order chi connectivity index (χ0) is 16.3. The van der Waals surface area contributed by atoms with E-state index in [0.717, 1.165) is 0 Å². The van der Waals surface area contributed by atoms with Crippen molar-refractivity contribution < 1.29 is 8.42 Å². The molecule has 116 valence electrons.